The van der Waals surface area contributed by atoms with Crippen LogP contribution in [0.3, 0.4) is 0 Å². The van der Waals surface area contributed by atoms with Crippen molar-refractivity contribution in [2.75, 3.05) is 43.1 Å². The Bertz CT molecular complexity index is 1140. The topological polar surface area (TPSA) is 58.6 Å². The number of methoxy groups -OCH3 is 1. The number of hydrogen-bond acceptors (Lipinski definition) is 6. The fourth-order valence-electron chi connectivity index (χ4n) is 4.65. The van der Waals surface area contributed by atoms with Gasteiger partial charge in [0.2, 0.25) is 5.95 Å². The van der Waals surface area contributed by atoms with E-state index in [4.69, 9.17) is 21.3 Å². The van der Waals surface area contributed by atoms with Crippen molar-refractivity contribution in [2.45, 2.75) is 18.8 Å². The molecule has 1 unspecified atom stereocenters. The van der Waals surface area contributed by atoms with Crippen LogP contribution in [0, 0.1) is 0 Å². The molecule has 32 heavy (non-hydrogen) atoms. The van der Waals surface area contributed by atoms with Gasteiger partial charge >= 0.3 is 0 Å². The van der Waals surface area contributed by atoms with Gasteiger partial charge in [0.05, 0.1) is 24.1 Å². The van der Waals surface area contributed by atoms with Gasteiger partial charge in [0.15, 0.2) is 5.78 Å². The van der Waals surface area contributed by atoms with E-state index >= 15 is 0 Å². The highest BCUT2D eigenvalue weighted by Gasteiger charge is 2.30. The first-order valence-electron chi connectivity index (χ1n) is 10.9. The van der Waals surface area contributed by atoms with E-state index in [9.17, 15) is 4.79 Å². The van der Waals surface area contributed by atoms with Gasteiger partial charge in [-0.25, -0.2) is 9.97 Å². The number of para-hydroxylation sites is 2. The Balaban J connectivity index is 1.33. The van der Waals surface area contributed by atoms with Crippen LogP contribution in [0.2, 0.25) is 5.02 Å². The minimum atomic E-state index is 0.0499. The Hall–Kier alpha value is -3.12. The number of carbonyl (C=O) groups is 1. The molecule has 7 heteroatoms. The van der Waals surface area contributed by atoms with Crippen LogP contribution in [0.5, 0.6) is 5.75 Å². The molecule has 164 valence electrons. The smallest absolute Gasteiger partial charge is 0.225 e. The van der Waals surface area contributed by atoms with Gasteiger partial charge in [0, 0.05) is 43.8 Å². The highest BCUT2D eigenvalue weighted by molar-refractivity contribution is 6.31. The van der Waals surface area contributed by atoms with Crippen molar-refractivity contribution >= 4 is 29.0 Å². The van der Waals surface area contributed by atoms with Gasteiger partial charge in [-0.15, -0.1) is 0 Å². The fourth-order valence-corrected chi connectivity index (χ4v) is 4.94. The zero-order valence-corrected chi connectivity index (χ0v) is 18.8. The number of anilines is 2. The summed E-state index contributed by atoms with van der Waals surface area (Å²) >= 11 is 6.41. The van der Waals surface area contributed by atoms with Crippen LogP contribution in [0.4, 0.5) is 11.6 Å². The summed E-state index contributed by atoms with van der Waals surface area (Å²) in [6.07, 6.45) is 2.84. The average molecular weight is 449 g/mol. The first-order valence-corrected chi connectivity index (χ1v) is 11.3. The second-order valence-corrected chi connectivity index (χ2v) is 8.63. The summed E-state index contributed by atoms with van der Waals surface area (Å²) in [4.78, 5) is 26.7. The number of ether oxygens (including phenoxy) is 1. The number of fused-ring (bicyclic) bond motifs is 1. The number of carbonyl (C=O) groups excluding carboxylic acids is 1. The number of ketones is 1. The molecule has 0 radical (unpaired) electrons. The van der Waals surface area contributed by atoms with Crippen LogP contribution in [0.1, 0.15) is 34.0 Å². The van der Waals surface area contributed by atoms with Crippen LogP contribution >= 0.6 is 11.6 Å². The molecule has 1 saturated heterocycles. The number of halogens is 1. The van der Waals surface area contributed by atoms with Gasteiger partial charge in [0.1, 0.15) is 5.75 Å². The SMILES string of the molecule is COc1ccccc1N1CCN(c2ncc3c(n2)CC(c2ccccc2Cl)CC3=O)CC1. The summed E-state index contributed by atoms with van der Waals surface area (Å²) in [6.45, 7) is 3.31. The number of benzene rings is 2. The largest absolute Gasteiger partial charge is 0.495 e. The molecule has 2 aromatic carbocycles. The maximum absolute atomic E-state index is 12.8. The van der Waals surface area contributed by atoms with Gasteiger partial charge < -0.3 is 14.5 Å². The number of piperazine rings is 1. The number of rotatable bonds is 4. The van der Waals surface area contributed by atoms with Crippen molar-refractivity contribution < 1.29 is 9.53 Å². The predicted octanol–water partition coefficient (Wildman–Crippen LogP) is 4.38. The second kappa shape index (κ2) is 8.79. The molecule has 2 heterocycles. The molecule has 6 nitrogen and oxygen atoms in total. The van der Waals surface area contributed by atoms with E-state index in [1.165, 1.54) is 0 Å². The van der Waals surface area contributed by atoms with Crippen molar-refractivity contribution in [3.8, 4) is 5.75 Å². The molecule has 0 amide bonds. The molecule has 1 aliphatic carbocycles. The summed E-state index contributed by atoms with van der Waals surface area (Å²) in [7, 11) is 1.70. The van der Waals surface area contributed by atoms with Gasteiger partial charge in [-0.2, -0.15) is 0 Å². The maximum atomic E-state index is 12.8. The van der Waals surface area contributed by atoms with Crippen molar-refractivity contribution in [1.29, 1.82) is 0 Å². The summed E-state index contributed by atoms with van der Waals surface area (Å²) in [5.41, 5.74) is 3.58. The van der Waals surface area contributed by atoms with E-state index in [1.54, 1.807) is 13.3 Å². The van der Waals surface area contributed by atoms with Gasteiger partial charge in [-0.05, 0) is 36.1 Å². The van der Waals surface area contributed by atoms with E-state index in [1.807, 2.05) is 42.5 Å². The number of aromatic nitrogens is 2. The molecule has 0 saturated carbocycles. The zero-order chi connectivity index (χ0) is 22.1. The number of nitrogens with zero attached hydrogens (tertiary/aromatic N) is 4. The molecular weight excluding hydrogens is 424 g/mol. The van der Waals surface area contributed by atoms with Gasteiger partial charge in [-0.1, -0.05) is 41.9 Å². The van der Waals surface area contributed by atoms with Crippen LogP contribution in [0.25, 0.3) is 0 Å². The predicted molar refractivity (Wildman–Crippen MR) is 126 cm³/mol. The Morgan fingerprint density at radius 1 is 0.969 bits per heavy atom. The molecular formula is C25H25ClN4O2. The minimum absolute atomic E-state index is 0.0499. The Morgan fingerprint density at radius 3 is 2.47 bits per heavy atom. The molecule has 2 aliphatic rings. The van der Waals surface area contributed by atoms with E-state index in [-0.39, 0.29) is 11.7 Å². The molecule has 0 N–H and O–H groups in total. The van der Waals surface area contributed by atoms with Gasteiger partial charge in [0.25, 0.3) is 0 Å². The molecule has 1 aromatic heterocycles. The lowest BCUT2D eigenvalue weighted by Gasteiger charge is -2.37. The maximum Gasteiger partial charge on any atom is 0.225 e. The molecule has 1 atom stereocenters. The van der Waals surface area contributed by atoms with Crippen molar-refractivity contribution in [1.82, 2.24) is 9.97 Å². The number of hydrogen-bond donors (Lipinski definition) is 0. The van der Waals surface area contributed by atoms with Gasteiger partial charge in [-0.3, -0.25) is 4.79 Å². The van der Waals surface area contributed by atoms with Crippen molar-refractivity contribution in [3.63, 3.8) is 0 Å². The van der Waals surface area contributed by atoms with E-state index in [2.05, 4.69) is 20.9 Å². The van der Waals surface area contributed by atoms with Crippen molar-refractivity contribution in [2.24, 2.45) is 0 Å². The Kier molecular flexibility index (Phi) is 5.70. The van der Waals surface area contributed by atoms with Crippen LogP contribution < -0.4 is 14.5 Å². The molecule has 1 aliphatic heterocycles. The first kappa shape index (κ1) is 20.8. The zero-order valence-electron chi connectivity index (χ0n) is 18.0. The van der Waals surface area contributed by atoms with Crippen LogP contribution in [-0.4, -0.2) is 49.0 Å². The quantitative estimate of drug-likeness (QED) is 0.590. The normalized spacial score (nSPS) is 18.4. The summed E-state index contributed by atoms with van der Waals surface area (Å²) < 4.78 is 5.52. The highest BCUT2D eigenvalue weighted by Crippen LogP contribution is 2.35. The average Bonchev–Trinajstić information content (AvgIpc) is 2.84. The summed E-state index contributed by atoms with van der Waals surface area (Å²) in [6, 6.07) is 15.8. The van der Waals surface area contributed by atoms with Crippen LogP contribution in [0.15, 0.2) is 54.7 Å². The Labute approximate surface area is 192 Å². The van der Waals surface area contributed by atoms with E-state index in [0.717, 1.165) is 48.9 Å². The summed E-state index contributed by atoms with van der Waals surface area (Å²) in [5.74, 6) is 1.71. The lowest BCUT2D eigenvalue weighted by Crippen LogP contribution is -2.47. The second-order valence-electron chi connectivity index (χ2n) is 8.23. The highest BCUT2D eigenvalue weighted by atomic mass is 35.5. The molecule has 5 rings (SSSR count). The Morgan fingerprint density at radius 2 is 1.69 bits per heavy atom. The first-order chi connectivity index (χ1) is 15.6. The summed E-state index contributed by atoms with van der Waals surface area (Å²) in [5, 5.41) is 0.704. The molecule has 1 fully saturated rings. The third-order valence-electron chi connectivity index (χ3n) is 6.36. The standard InChI is InChI=1S/C25H25ClN4O2/c1-32-24-9-5-4-8-22(24)29-10-12-30(13-11-29)25-27-16-19-21(28-25)14-17(15-23(19)31)18-6-2-3-7-20(18)26/h2-9,16-17H,10-15H2,1H3. The fraction of sp³-hybridized carbons (Fsp3) is 0.320. The van der Waals surface area contributed by atoms with E-state index < -0.39 is 0 Å². The molecule has 0 spiro atoms. The third kappa shape index (κ3) is 3.91. The number of Topliss-reactive ketones (excluding diaryl/α,β-unsaturated/α-hetero) is 1. The molecule has 0 bridgehead atoms. The lowest BCUT2D eigenvalue weighted by atomic mass is 9.82. The third-order valence-corrected chi connectivity index (χ3v) is 6.70. The minimum Gasteiger partial charge on any atom is -0.495 e. The van der Waals surface area contributed by atoms with Crippen molar-refractivity contribution in [3.05, 3.63) is 76.6 Å². The lowest BCUT2D eigenvalue weighted by molar-refractivity contribution is 0.0962. The monoisotopic (exact) mass is 448 g/mol. The molecule has 3 aromatic rings. The van der Waals surface area contributed by atoms with E-state index in [0.29, 0.717) is 29.4 Å². The van der Waals surface area contributed by atoms with Crippen LogP contribution in [-0.2, 0) is 6.42 Å².